The van der Waals surface area contributed by atoms with Gasteiger partial charge in [-0.1, -0.05) is 49.1 Å². The molecule has 0 aliphatic rings. The summed E-state index contributed by atoms with van der Waals surface area (Å²) in [7, 11) is 0. The van der Waals surface area contributed by atoms with E-state index in [-0.39, 0.29) is 5.97 Å². The van der Waals surface area contributed by atoms with Crippen LogP contribution < -0.4 is 4.74 Å². The second kappa shape index (κ2) is 4.19. The molecule has 0 amide bonds. The SMILES string of the molecule is C=Cc1ccc2ccccc2c1OC(C)=O. The van der Waals surface area contributed by atoms with Gasteiger partial charge in [-0.3, -0.25) is 4.79 Å². The van der Waals surface area contributed by atoms with Crippen LogP contribution in [0.25, 0.3) is 16.8 Å². The third kappa shape index (κ3) is 1.82. The quantitative estimate of drug-likeness (QED) is 0.563. The third-order valence-electron chi connectivity index (χ3n) is 2.38. The van der Waals surface area contributed by atoms with Gasteiger partial charge in [-0.05, 0) is 5.39 Å². The first-order valence-electron chi connectivity index (χ1n) is 5.05. The Hall–Kier alpha value is -2.09. The molecule has 80 valence electrons. The second-order valence-electron chi connectivity index (χ2n) is 3.50. The van der Waals surface area contributed by atoms with Crippen molar-refractivity contribution in [3.8, 4) is 5.75 Å². The minimum atomic E-state index is -0.320. The highest BCUT2D eigenvalue weighted by Crippen LogP contribution is 2.30. The van der Waals surface area contributed by atoms with E-state index in [0.29, 0.717) is 5.75 Å². The van der Waals surface area contributed by atoms with Crippen molar-refractivity contribution in [3.05, 3.63) is 48.5 Å². The highest BCUT2D eigenvalue weighted by atomic mass is 16.5. The van der Waals surface area contributed by atoms with Crippen molar-refractivity contribution in [3.63, 3.8) is 0 Å². The summed E-state index contributed by atoms with van der Waals surface area (Å²) in [4.78, 5) is 11.1. The van der Waals surface area contributed by atoms with Crippen molar-refractivity contribution >= 4 is 22.8 Å². The van der Waals surface area contributed by atoms with E-state index < -0.39 is 0 Å². The minimum absolute atomic E-state index is 0.320. The molecule has 0 aliphatic heterocycles. The van der Waals surface area contributed by atoms with Gasteiger partial charge in [0.15, 0.2) is 0 Å². The third-order valence-corrected chi connectivity index (χ3v) is 2.38. The Balaban J connectivity index is 2.72. The van der Waals surface area contributed by atoms with Crippen LogP contribution in [0.2, 0.25) is 0 Å². The minimum Gasteiger partial charge on any atom is -0.425 e. The molecule has 0 aromatic heterocycles. The molecular weight excluding hydrogens is 200 g/mol. The Kier molecular flexibility index (Phi) is 2.73. The zero-order valence-corrected chi connectivity index (χ0v) is 9.07. The number of fused-ring (bicyclic) bond motifs is 1. The predicted molar refractivity (Wildman–Crippen MR) is 65.3 cm³/mol. The monoisotopic (exact) mass is 212 g/mol. The van der Waals surface area contributed by atoms with E-state index in [1.54, 1.807) is 6.08 Å². The molecule has 0 saturated carbocycles. The molecule has 0 unspecified atom stereocenters. The number of benzene rings is 2. The van der Waals surface area contributed by atoms with Gasteiger partial charge in [0.1, 0.15) is 5.75 Å². The van der Waals surface area contributed by atoms with Crippen LogP contribution in [0.1, 0.15) is 12.5 Å². The fraction of sp³-hybridized carbons (Fsp3) is 0.0714. The van der Waals surface area contributed by atoms with E-state index in [1.165, 1.54) is 6.92 Å². The Morgan fingerprint density at radius 1 is 1.25 bits per heavy atom. The number of carbonyl (C=O) groups is 1. The zero-order chi connectivity index (χ0) is 11.5. The summed E-state index contributed by atoms with van der Waals surface area (Å²) in [6, 6.07) is 11.7. The first kappa shape index (κ1) is 10.4. The summed E-state index contributed by atoms with van der Waals surface area (Å²) >= 11 is 0. The van der Waals surface area contributed by atoms with Gasteiger partial charge in [-0.15, -0.1) is 0 Å². The molecule has 0 aliphatic carbocycles. The summed E-state index contributed by atoms with van der Waals surface area (Å²) in [6.07, 6.45) is 1.69. The van der Waals surface area contributed by atoms with E-state index in [1.807, 2.05) is 36.4 Å². The van der Waals surface area contributed by atoms with Gasteiger partial charge in [-0.25, -0.2) is 0 Å². The first-order chi connectivity index (χ1) is 7.72. The fourth-order valence-electron chi connectivity index (χ4n) is 1.68. The molecule has 2 nitrogen and oxygen atoms in total. The molecule has 2 aromatic rings. The average Bonchev–Trinajstić information content (AvgIpc) is 2.29. The molecule has 0 saturated heterocycles. The standard InChI is InChI=1S/C14H12O2/c1-3-11-8-9-12-6-4-5-7-13(12)14(11)16-10(2)15/h3-9H,1H2,2H3. The van der Waals surface area contributed by atoms with Gasteiger partial charge in [0.2, 0.25) is 0 Å². The molecular formula is C14H12O2. The highest BCUT2D eigenvalue weighted by Gasteiger charge is 2.08. The van der Waals surface area contributed by atoms with Crippen LogP contribution in [-0.4, -0.2) is 5.97 Å². The maximum Gasteiger partial charge on any atom is 0.308 e. The molecule has 0 N–H and O–H groups in total. The first-order valence-corrected chi connectivity index (χ1v) is 5.05. The number of hydrogen-bond acceptors (Lipinski definition) is 2. The summed E-state index contributed by atoms with van der Waals surface area (Å²) in [5, 5.41) is 1.97. The molecule has 0 heterocycles. The molecule has 2 heteroatoms. The van der Waals surface area contributed by atoms with Crippen molar-refractivity contribution in [1.82, 2.24) is 0 Å². The molecule has 2 aromatic carbocycles. The van der Waals surface area contributed by atoms with Gasteiger partial charge in [0.25, 0.3) is 0 Å². The highest BCUT2D eigenvalue weighted by molar-refractivity contribution is 5.93. The fourth-order valence-corrected chi connectivity index (χ4v) is 1.68. The van der Waals surface area contributed by atoms with Crippen LogP contribution in [0.15, 0.2) is 43.0 Å². The Labute approximate surface area is 94.2 Å². The Bertz CT molecular complexity index is 556. The van der Waals surface area contributed by atoms with Crippen LogP contribution in [0.4, 0.5) is 0 Å². The number of ether oxygens (including phenoxy) is 1. The Morgan fingerprint density at radius 3 is 2.69 bits per heavy atom. The number of esters is 1. The topological polar surface area (TPSA) is 26.3 Å². The van der Waals surface area contributed by atoms with E-state index in [4.69, 9.17) is 4.74 Å². The van der Waals surface area contributed by atoms with Gasteiger partial charge in [0, 0.05) is 17.9 Å². The van der Waals surface area contributed by atoms with Crippen molar-refractivity contribution in [2.24, 2.45) is 0 Å². The summed E-state index contributed by atoms with van der Waals surface area (Å²) in [5.74, 6) is 0.264. The Morgan fingerprint density at radius 2 is 2.00 bits per heavy atom. The predicted octanol–water partition coefficient (Wildman–Crippen LogP) is 3.41. The van der Waals surface area contributed by atoms with E-state index in [0.717, 1.165) is 16.3 Å². The van der Waals surface area contributed by atoms with E-state index in [2.05, 4.69) is 6.58 Å². The average molecular weight is 212 g/mol. The maximum absolute atomic E-state index is 11.1. The molecule has 0 spiro atoms. The lowest BCUT2D eigenvalue weighted by atomic mass is 10.1. The van der Waals surface area contributed by atoms with Crippen LogP contribution >= 0.6 is 0 Å². The molecule has 0 radical (unpaired) electrons. The lowest BCUT2D eigenvalue weighted by molar-refractivity contribution is -0.131. The summed E-state index contributed by atoms with van der Waals surface area (Å²) in [6.45, 7) is 5.11. The summed E-state index contributed by atoms with van der Waals surface area (Å²) in [5.41, 5.74) is 0.828. The molecule has 16 heavy (non-hydrogen) atoms. The van der Waals surface area contributed by atoms with Crippen LogP contribution in [-0.2, 0) is 4.79 Å². The van der Waals surface area contributed by atoms with Crippen molar-refractivity contribution in [2.45, 2.75) is 6.92 Å². The van der Waals surface area contributed by atoms with E-state index in [9.17, 15) is 4.79 Å². The van der Waals surface area contributed by atoms with Gasteiger partial charge in [0.05, 0.1) is 0 Å². The maximum atomic E-state index is 11.1. The van der Waals surface area contributed by atoms with Crippen molar-refractivity contribution in [1.29, 1.82) is 0 Å². The number of carbonyl (C=O) groups excluding carboxylic acids is 1. The van der Waals surface area contributed by atoms with E-state index >= 15 is 0 Å². The van der Waals surface area contributed by atoms with Crippen LogP contribution in [0.5, 0.6) is 5.75 Å². The summed E-state index contributed by atoms with van der Waals surface area (Å²) < 4.78 is 5.24. The molecule has 0 bridgehead atoms. The lowest BCUT2D eigenvalue weighted by Gasteiger charge is -2.09. The van der Waals surface area contributed by atoms with Crippen LogP contribution in [0, 0.1) is 0 Å². The van der Waals surface area contributed by atoms with Crippen molar-refractivity contribution < 1.29 is 9.53 Å². The molecule has 2 rings (SSSR count). The van der Waals surface area contributed by atoms with Gasteiger partial charge in [-0.2, -0.15) is 0 Å². The lowest BCUT2D eigenvalue weighted by Crippen LogP contribution is -2.03. The molecule has 0 atom stereocenters. The van der Waals surface area contributed by atoms with Gasteiger partial charge >= 0.3 is 5.97 Å². The zero-order valence-electron chi connectivity index (χ0n) is 9.07. The second-order valence-corrected chi connectivity index (χ2v) is 3.50. The van der Waals surface area contributed by atoms with Crippen LogP contribution in [0.3, 0.4) is 0 Å². The largest absolute Gasteiger partial charge is 0.425 e. The molecule has 0 fully saturated rings. The number of hydrogen-bond donors (Lipinski definition) is 0. The van der Waals surface area contributed by atoms with Gasteiger partial charge < -0.3 is 4.74 Å². The van der Waals surface area contributed by atoms with Crippen molar-refractivity contribution in [2.75, 3.05) is 0 Å². The normalized spacial score (nSPS) is 10.1. The smallest absolute Gasteiger partial charge is 0.308 e. The number of rotatable bonds is 2.